The zero-order chi connectivity index (χ0) is 23.2. The number of rotatable bonds is 8. The number of hydrogen-bond acceptors (Lipinski definition) is 5. The van der Waals surface area contributed by atoms with Gasteiger partial charge in [-0.2, -0.15) is 0 Å². The number of ether oxygens (including phenoxy) is 1. The number of carbonyl (C=O) groups excluding carboxylic acids is 2. The third-order valence-corrected chi connectivity index (χ3v) is 6.46. The lowest BCUT2D eigenvalue weighted by molar-refractivity contribution is -0.127. The predicted molar refractivity (Wildman–Crippen MR) is 129 cm³/mol. The van der Waals surface area contributed by atoms with Crippen molar-refractivity contribution in [1.29, 1.82) is 0 Å². The average molecular weight is 471 g/mol. The van der Waals surface area contributed by atoms with Crippen molar-refractivity contribution >= 4 is 29.2 Å². The van der Waals surface area contributed by atoms with Gasteiger partial charge in [-0.25, -0.2) is 4.98 Å². The van der Waals surface area contributed by atoms with Crippen molar-refractivity contribution in [3.63, 3.8) is 0 Å². The zero-order valence-electron chi connectivity index (χ0n) is 19.1. The summed E-state index contributed by atoms with van der Waals surface area (Å²) in [5.41, 5.74) is 1.63. The zero-order valence-corrected chi connectivity index (χ0v) is 19.8. The minimum Gasteiger partial charge on any atom is -0.490 e. The number of hydrogen-bond donors (Lipinski definition) is 1. The molecule has 1 aromatic carbocycles. The standard InChI is InChI=1S/C25H31ClN4O3/c1-18-5-2-6-21(15-18)33-20-8-13-30(14-9-20)24-22(26)16-19(17-28-24)25(32)27-10-4-12-29-11-3-7-23(29)31/h2,5-6,15-17,20H,3-4,7-14H2,1H3,(H,27,32). The van der Waals surface area contributed by atoms with Crippen LogP contribution in [0.25, 0.3) is 0 Å². The maximum Gasteiger partial charge on any atom is 0.252 e. The van der Waals surface area contributed by atoms with Crippen LogP contribution < -0.4 is 15.0 Å². The molecule has 7 nitrogen and oxygen atoms in total. The largest absolute Gasteiger partial charge is 0.490 e. The summed E-state index contributed by atoms with van der Waals surface area (Å²) in [4.78, 5) is 32.6. The number of aromatic nitrogens is 1. The molecular weight excluding hydrogens is 440 g/mol. The first-order chi connectivity index (χ1) is 16.0. The van der Waals surface area contributed by atoms with Gasteiger partial charge in [-0.05, 0) is 43.5 Å². The van der Waals surface area contributed by atoms with Crippen LogP contribution in [0.15, 0.2) is 36.5 Å². The molecule has 8 heteroatoms. The van der Waals surface area contributed by atoms with E-state index in [-0.39, 0.29) is 17.9 Å². The maximum absolute atomic E-state index is 12.5. The van der Waals surface area contributed by atoms with Gasteiger partial charge in [-0.3, -0.25) is 9.59 Å². The lowest BCUT2D eigenvalue weighted by atomic mass is 10.1. The molecule has 2 saturated heterocycles. The number of likely N-dealkylation sites (tertiary alicyclic amines) is 1. The van der Waals surface area contributed by atoms with Crippen LogP contribution in [0.1, 0.15) is 48.0 Å². The third kappa shape index (κ3) is 6.16. The molecule has 2 amide bonds. The van der Waals surface area contributed by atoms with Gasteiger partial charge < -0.3 is 19.9 Å². The van der Waals surface area contributed by atoms with Gasteiger partial charge in [0.05, 0.1) is 10.6 Å². The van der Waals surface area contributed by atoms with Crippen molar-refractivity contribution in [3.8, 4) is 5.75 Å². The summed E-state index contributed by atoms with van der Waals surface area (Å²) in [6.45, 7) is 5.66. The third-order valence-electron chi connectivity index (χ3n) is 6.18. The summed E-state index contributed by atoms with van der Waals surface area (Å²) in [5, 5.41) is 3.37. The Bertz CT molecular complexity index is 991. The summed E-state index contributed by atoms with van der Waals surface area (Å²) < 4.78 is 6.13. The molecule has 33 heavy (non-hydrogen) atoms. The van der Waals surface area contributed by atoms with Crippen molar-refractivity contribution < 1.29 is 14.3 Å². The molecule has 176 valence electrons. The molecule has 0 radical (unpaired) electrons. The van der Waals surface area contributed by atoms with Gasteiger partial charge in [-0.1, -0.05) is 23.7 Å². The number of carbonyl (C=O) groups is 2. The van der Waals surface area contributed by atoms with Crippen LogP contribution in [0.3, 0.4) is 0 Å². The molecular formula is C25H31ClN4O3. The topological polar surface area (TPSA) is 74.8 Å². The minimum absolute atomic E-state index is 0.169. The highest BCUT2D eigenvalue weighted by molar-refractivity contribution is 6.33. The van der Waals surface area contributed by atoms with E-state index < -0.39 is 0 Å². The van der Waals surface area contributed by atoms with Gasteiger partial charge in [0.2, 0.25) is 5.91 Å². The smallest absolute Gasteiger partial charge is 0.252 e. The van der Waals surface area contributed by atoms with Crippen molar-refractivity contribution in [2.75, 3.05) is 37.6 Å². The number of pyridine rings is 1. The Morgan fingerprint density at radius 1 is 1.24 bits per heavy atom. The van der Waals surface area contributed by atoms with Crippen LogP contribution in [0.2, 0.25) is 5.02 Å². The van der Waals surface area contributed by atoms with Crippen LogP contribution >= 0.6 is 11.6 Å². The maximum atomic E-state index is 12.5. The number of nitrogens with zero attached hydrogens (tertiary/aromatic N) is 3. The molecule has 0 spiro atoms. The number of nitrogens with one attached hydrogen (secondary N) is 1. The lowest BCUT2D eigenvalue weighted by Gasteiger charge is -2.33. The number of benzene rings is 1. The van der Waals surface area contributed by atoms with Crippen molar-refractivity contribution in [2.45, 2.75) is 45.1 Å². The van der Waals surface area contributed by atoms with Crippen LogP contribution in [-0.2, 0) is 4.79 Å². The molecule has 0 aliphatic carbocycles. The van der Waals surface area contributed by atoms with Crippen molar-refractivity contribution in [3.05, 3.63) is 52.7 Å². The number of piperidine rings is 1. The van der Waals surface area contributed by atoms with Gasteiger partial charge in [-0.15, -0.1) is 0 Å². The second-order valence-electron chi connectivity index (χ2n) is 8.74. The molecule has 0 saturated carbocycles. The fourth-order valence-corrected chi connectivity index (χ4v) is 4.65. The number of amides is 2. The molecule has 0 atom stereocenters. The predicted octanol–water partition coefficient (Wildman–Crippen LogP) is 3.83. The van der Waals surface area contributed by atoms with E-state index in [2.05, 4.69) is 34.3 Å². The summed E-state index contributed by atoms with van der Waals surface area (Å²) in [5.74, 6) is 1.62. The Morgan fingerprint density at radius 3 is 2.76 bits per heavy atom. The Morgan fingerprint density at radius 2 is 2.06 bits per heavy atom. The summed E-state index contributed by atoms with van der Waals surface area (Å²) in [6, 6.07) is 9.80. The number of halogens is 1. The van der Waals surface area contributed by atoms with Crippen LogP contribution in [0, 0.1) is 6.92 Å². The second kappa shape index (κ2) is 10.9. The van der Waals surface area contributed by atoms with Crippen molar-refractivity contribution in [1.82, 2.24) is 15.2 Å². The number of aryl methyl sites for hydroxylation is 1. The molecule has 4 rings (SSSR count). The highest BCUT2D eigenvalue weighted by atomic mass is 35.5. The van der Waals surface area contributed by atoms with Gasteiger partial charge in [0, 0.05) is 58.2 Å². The second-order valence-corrected chi connectivity index (χ2v) is 9.15. The molecule has 0 unspecified atom stereocenters. The number of anilines is 1. The Balaban J connectivity index is 1.24. The fourth-order valence-electron chi connectivity index (χ4n) is 4.37. The van der Waals surface area contributed by atoms with Gasteiger partial charge in [0.1, 0.15) is 17.7 Å². The Hall–Kier alpha value is -2.80. The van der Waals surface area contributed by atoms with E-state index in [4.69, 9.17) is 16.3 Å². The van der Waals surface area contributed by atoms with Crippen LogP contribution in [0.4, 0.5) is 5.82 Å². The minimum atomic E-state index is -0.200. The molecule has 2 aliphatic heterocycles. The Labute approximate surface area is 200 Å². The summed E-state index contributed by atoms with van der Waals surface area (Å²) >= 11 is 6.49. The van der Waals surface area contributed by atoms with Gasteiger partial charge in [0.15, 0.2) is 0 Å². The first kappa shape index (κ1) is 23.4. The normalized spacial score (nSPS) is 16.8. The van der Waals surface area contributed by atoms with E-state index in [9.17, 15) is 9.59 Å². The Kier molecular flexibility index (Phi) is 7.70. The van der Waals surface area contributed by atoms with Gasteiger partial charge in [0.25, 0.3) is 5.91 Å². The summed E-state index contributed by atoms with van der Waals surface area (Å²) in [7, 11) is 0. The first-order valence-electron chi connectivity index (χ1n) is 11.7. The lowest BCUT2D eigenvalue weighted by Crippen LogP contribution is -2.39. The fraction of sp³-hybridized carbons (Fsp3) is 0.480. The molecule has 0 bridgehead atoms. The highest BCUT2D eigenvalue weighted by Gasteiger charge is 2.24. The molecule has 2 fully saturated rings. The van der Waals surface area contributed by atoms with E-state index in [1.54, 1.807) is 12.3 Å². The van der Waals surface area contributed by atoms with Crippen LogP contribution in [0.5, 0.6) is 5.75 Å². The average Bonchev–Trinajstić information content (AvgIpc) is 3.22. The van der Waals surface area contributed by atoms with E-state index >= 15 is 0 Å². The van der Waals surface area contributed by atoms with Crippen molar-refractivity contribution in [2.24, 2.45) is 0 Å². The molecule has 2 aliphatic rings. The summed E-state index contributed by atoms with van der Waals surface area (Å²) in [6.07, 6.45) is 5.82. The van der Waals surface area contributed by atoms with E-state index in [0.29, 0.717) is 35.9 Å². The van der Waals surface area contributed by atoms with Gasteiger partial charge >= 0.3 is 0 Å². The monoisotopic (exact) mass is 470 g/mol. The quantitative estimate of drug-likeness (QED) is 0.593. The first-order valence-corrected chi connectivity index (χ1v) is 12.1. The van der Waals surface area contributed by atoms with E-state index in [1.807, 2.05) is 17.0 Å². The highest BCUT2D eigenvalue weighted by Crippen LogP contribution is 2.28. The molecule has 2 aromatic rings. The molecule has 1 aromatic heterocycles. The molecule has 3 heterocycles. The SMILES string of the molecule is Cc1cccc(OC2CCN(c3ncc(C(=O)NCCCN4CCCC4=O)cc3Cl)CC2)c1. The molecule has 1 N–H and O–H groups in total. The van der Waals surface area contributed by atoms with E-state index in [1.165, 1.54) is 5.56 Å². The van der Waals surface area contributed by atoms with E-state index in [0.717, 1.165) is 51.1 Å². The van der Waals surface area contributed by atoms with Crippen LogP contribution in [-0.4, -0.2) is 60.5 Å².